The SMILES string of the molecule is O=C(Nc1ccc(Cl)c(C(F)(F)F)c1)c1ccc2ccc(Oc3ccnc(NC(=O)N4CCCC4)c3)cc2c1. The van der Waals surface area contributed by atoms with Crippen molar-refractivity contribution in [2.75, 3.05) is 23.7 Å². The van der Waals surface area contributed by atoms with Crippen LogP contribution in [-0.2, 0) is 6.18 Å². The van der Waals surface area contributed by atoms with E-state index < -0.39 is 22.7 Å². The van der Waals surface area contributed by atoms with E-state index in [0.29, 0.717) is 35.8 Å². The van der Waals surface area contributed by atoms with Gasteiger partial charge in [0.25, 0.3) is 5.91 Å². The van der Waals surface area contributed by atoms with Gasteiger partial charge in [-0.2, -0.15) is 13.2 Å². The molecule has 1 saturated heterocycles. The summed E-state index contributed by atoms with van der Waals surface area (Å²) < 4.78 is 45.5. The normalized spacial score (nSPS) is 13.4. The van der Waals surface area contributed by atoms with Crippen LogP contribution in [0.2, 0.25) is 5.02 Å². The molecule has 0 radical (unpaired) electrons. The highest BCUT2D eigenvalue weighted by Crippen LogP contribution is 2.36. The van der Waals surface area contributed by atoms with E-state index >= 15 is 0 Å². The predicted octanol–water partition coefficient (Wildman–Crippen LogP) is 7.58. The number of alkyl halides is 3. The highest BCUT2D eigenvalue weighted by Gasteiger charge is 2.33. The van der Waals surface area contributed by atoms with E-state index in [1.807, 2.05) is 6.07 Å². The molecule has 0 spiro atoms. The number of hydrogen-bond acceptors (Lipinski definition) is 4. The van der Waals surface area contributed by atoms with Gasteiger partial charge in [-0.15, -0.1) is 0 Å². The van der Waals surface area contributed by atoms with Crippen molar-refractivity contribution in [2.24, 2.45) is 0 Å². The number of anilines is 2. The molecule has 2 N–H and O–H groups in total. The lowest BCUT2D eigenvalue weighted by Gasteiger charge is -2.16. The Labute approximate surface area is 226 Å². The fourth-order valence-corrected chi connectivity index (χ4v) is 4.47. The van der Waals surface area contributed by atoms with E-state index in [1.54, 1.807) is 47.4 Å². The lowest BCUT2D eigenvalue weighted by atomic mass is 10.1. The summed E-state index contributed by atoms with van der Waals surface area (Å²) in [5, 5.41) is 6.33. The van der Waals surface area contributed by atoms with Crippen LogP contribution in [-0.4, -0.2) is 34.9 Å². The van der Waals surface area contributed by atoms with Crippen molar-refractivity contribution < 1.29 is 27.5 Å². The second-order valence-corrected chi connectivity index (χ2v) is 9.38. The first kappa shape index (κ1) is 26.3. The van der Waals surface area contributed by atoms with Gasteiger partial charge in [0.15, 0.2) is 0 Å². The number of aromatic nitrogens is 1. The van der Waals surface area contributed by atoms with Gasteiger partial charge in [-0.3, -0.25) is 10.1 Å². The van der Waals surface area contributed by atoms with E-state index in [9.17, 15) is 22.8 Å². The molecule has 3 aromatic carbocycles. The number of ether oxygens (including phenoxy) is 1. The molecule has 0 unspecified atom stereocenters. The summed E-state index contributed by atoms with van der Waals surface area (Å²) in [4.78, 5) is 31.1. The Morgan fingerprint density at radius 2 is 1.62 bits per heavy atom. The lowest BCUT2D eigenvalue weighted by molar-refractivity contribution is -0.137. The number of carbonyl (C=O) groups is 2. The number of rotatable bonds is 5. The third kappa shape index (κ3) is 6.23. The first-order chi connectivity index (χ1) is 18.7. The maximum atomic E-state index is 13.2. The predicted molar refractivity (Wildman–Crippen MR) is 142 cm³/mol. The number of nitrogens with zero attached hydrogens (tertiary/aromatic N) is 2. The molecule has 5 rings (SSSR count). The van der Waals surface area contributed by atoms with Gasteiger partial charge < -0.3 is 15.0 Å². The van der Waals surface area contributed by atoms with Gasteiger partial charge in [0.1, 0.15) is 17.3 Å². The van der Waals surface area contributed by atoms with Crippen LogP contribution in [0.1, 0.15) is 28.8 Å². The molecule has 39 heavy (non-hydrogen) atoms. The second-order valence-electron chi connectivity index (χ2n) is 8.97. The summed E-state index contributed by atoms with van der Waals surface area (Å²) in [6.07, 6.45) is -1.16. The fourth-order valence-electron chi connectivity index (χ4n) is 4.24. The molecule has 7 nitrogen and oxygen atoms in total. The van der Waals surface area contributed by atoms with Crippen molar-refractivity contribution in [1.82, 2.24) is 9.88 Å². The largest absolute Gasteiger partial charge is 0.457 e. The first-order valence-electron chi connectivity index (χ1n) is 12.1. The lowest BCUT2D eigenvalue weighted by Crippen LogP contribution is -2.32. The van der Waals surface area contributed by atoms with E-state index in [-0.39, 0.29) is 17.3 Å². The number of hydrogen-bond donors (Lipinski definition) is 2. The summed E-state index contributed by atoms with van der Waals surface area (Å²) in [6, 6.07) is 16.5. The number of benzene rings is 3. The minimum Gasteiger partial charge on any atom is -0.457 e. The summed E-state index contributed by atoms with van der Waals surface area (Å²) in [6.45, 7) is 1.43. The van der Waals surface area contributed by atoms with Gasteiger partial charge in [-0.05, 0) is 72.1 Å². The van der Waals surface area contributed by atoms with E-state index in [4.69, 9.17) is 16.3 Å². The number of likely N-dealkylation sites (tertiary alicyclic amines) is 1. The van der Waals surface area contributed by atoms with Crippen LogP contribution >= 0.6 is 11.6 Å². The molecule has 2 heterocycles. The quantitative estimate of drug-likeness (QED) is 0.266. The average molecular weight is 555 g/mol. The van der Waals surface area contributed by atoms with Crippen LogP contribution in [0.4, 0.5) is 29.5 Å². The Bertz CT molecular complexity index is 1560. The van der Waals surface area contributed by atoms with E-state index in [1.165, 1.54) is 12.3 Å². The van der Waals surface area contributed by atoms with Crippen molar-refractivity contribution >= 4 is 45.8 Å². The monoisotopic (exact) mass is 554 g/mol. The number of carbonyl (C=O) groups excluding carboxylic acids is 2. The minimum absolute atomic E-state index is 0.0285. The van der Waals surface area contributed by atoms with Crippen molar-refractivity contribution in [3.05, 3.63) is 89.1 Å². The number of nitrogens with one attached hydrogen (secondary N) is 2. The maximum absolute atomic E-state index is 13.2. The summed E-state index contributed by atoms with van der Waals surface area (Å²) in [7, 11) is 0. The summed E-state index contributed by atoms with van der Waals surface area (Å²) in [5.41, 5.74) is -0.810. The van der Waals surface area contributed by atoms with Crippen molar-refractivity contribution in [1.29, 1.82) is 0 Å². The zero-order valence-electron chi connectivity index (χ0n) is 20.4. The van der Waals surface area contributed by atoms with E-state index in [0.717, 1.165) is 30.4 Å². The van der Waals surface area contributed by atoms with Crippen LogP contribution < -0.4 is 15.4 Å². The molecule has 200 valence electrons. The maximum Gasteiger partial charge on any atom is 0.417 e. The summed E-state index contributed by atoms with van der Waals surface area (Å²) in [5.74, 6) is 0.722. The zero-order valence-corrected chi connectivity index (χ0v) is 21.1. The number of fused-ring (bicyclic) bond motifs is 1. The van der Waals surface area contributed by atoms with Crippen molar-refractivity contribution in [3.63, 3.8) is 0 Å². The minimum atomic E-state index is -4.65. The highest BCUT2D eigenvalue weighted by molar-refractivity contribution is 6.31. The Balaban J connectivity index is 1.31. The number of pyridine rings is 1. The molecule has 0 saturated carbocycles. The molecule has 1 aliphatic heterocycles. The van der Waals surface area contributed by atoms with Gasteiger partial charge >= 0.3 is 12.2 Å². The molecule has 0 bridgehead atoms. The van der Waals surface area contributed by atoms with Crippen LogP contribution in [0.5, 0.6) is 11.5 Å². The molecule has 3 amide bonds. The molecule has 0 atom stereocenters. The van der Waals surface area contributed by atoms with Crippen molar-refractivity contribution in [2.45, 2.75) is 19.0 Å². The van der Waals surface area contributed by atoms with Gasteiger partial charge in [0.05, 0.1) is 10.6 Å². The second kappa shape index (κ2) is 10.8. The Hall–Kier alpha value is -4.31. The Kier molecular flexibility index (Phi) is 7.30. The number of amides is 3. The highest BCUT2D eigenvalue weighted by atomic mass is 35.5. The van der Waals surface area contributed by atoms with Crippen LogP contribution in [0, 0.1) is 0 Å². The smallest absolute Gasteiger partial charge is 0.417 e. The number of halogens is 4. The third-order valence-electron chi connectivity index (χ3n) is 6.20. The van der Waals surface area contributed by atoms with Gasteiger partial charge in [-0.25, -0.2) is 9.78 Å². The molecule has 1 fully saturated rings. The Morgan fingerprint density at radius 1 is 0.872 bits per heavy atom. The molecular formula is C28H22ClF3N4O3. The fraction of sp³-hybridized carbons (Fsp3) is 0.179. The van der Waals surface area contributed by atoms with Crippen LogP contribution in [0.25, 0.3) is 10.8 Å². The zero-order chi connectivity index (χ0) is 27.6. The molecule has 1 aromatic heterocycles. The number of urea groups is 1. The third-order valence-corrected chi connectivity index (χ3v) is 6.53. The molecule has 11 heteroatoms. The summed E-state index contributed by atoms with van der Waals surface area (Å²) >= 11 is 5.66. The van der Waals surface area contributed by atoms with Gasteiger partial charge in [-0.1, -0.05) is 23.7 Å². The van der Waals surface area contributed by atoms with Gasteiger partial charge in [0.2, 0.25) is 0 Å². The van der Waals surface area contributed by atoms with Gasteiger partial charge in [0, 0.05) is 36.6 Å². The molecular weight excluding hydrogens is 533 g/mol. The standard InChI is InChI=1S/C28H22ClF3N4O3/c29-24-8-6-20(15-23(24)28(30,31)32)34-26(37)18-4-3-17-5-7-21(14-19(17)13-18)39-22-9-10-33-25(16-22)35-27(38)36-11-1-2-12-36/h3-10,13-16H,1-2,11-12H2,(H,34,37)(H,33,35,38). The molecule has 0 aliphatic carbocycles. The van der Waals surface area contributed by atoms with Crippen LogP contribution in [0.3, 0.4) is 0 Å². The van der Waals surface area contributed by atoms with Crippen LogP contribution in [0.15, 0.2) is 72.9 Å². The van der Waals surface area contributed by atoms with E-state index in [2.05, 4.69) is 15.6 Å². The molecule has 1 aliphatic rings. The Morgan fingerprint density at radius 3 is 2.38 bits per heavy atom. The van der Waals surface area contributed by atoms with Crippen molar-refractivity contribution in [3.8, 4) is 11.5 Å². The topological polar surface area (TPSA) is 83.6 Å². The molecule has 4 aromatic rings. The first-order valence-corrected chi connectivity index (χ1v) is 12.5. The average Bonchev–Trinajstić information content (AvgIpc) is 3.44.